The number of rotatable bonds is 6. The first-order valence-electron chi connectivity index (χ1n) is 7.50. The van der Waals surface area contributed by atoms with Crippen molar-refractivity contribution in [2.45, 2.75) is 38.5 Å². The summed E-state index contributed by atoms with van der Waals surface area (Å²) in [7, 11) is -3.43. The summed E-state index contributed by atoms with van der Waals surface area (Å²) in [6, 6.07) is 4.84. The highest BCUT2D eigenvalue weighted by Crippen LogP contribution is 2.23. The maximum absolute atomic E-state index is 12.4. The van der Waals surface area contributed by atoms with Crippen LogP contribution in [-0.4, -0.2) is 44.1 Å². The van der Waals surface area contributed by atoms with E-state index >= 15 is 0 Å². The second-order valence-electron chi connectivity index (χ2n) is 5.71. The van der Waals surface area contributed by atoms with Crippen molar-refractivity contribution in [1.29, 1.82) is 0 Å². The Bertz CT molecular complexity index is 679. The van der Waals surface area contributed by atoms with Crippen LogP contribution < -0.4 is 10.1 Å². The molecule has 134 valence electrons. The average molecular weight is 362 g/mol. The van der Waals surface area contributed by atoms with Crippen LogP contribution in [-0.2, 0) is 14.8 Å². The molecular weight excluding hydrogens is 342 g/mol. The summed E-state index contributed by atoms with van der Waals surface area (Å²) in [5.41, 5.74) is 0.703. The standard InChI is InChI=1S/C15H20F2N2O4S/c1-10(11-5-7-12(8-6-11)23-15(16)17)18-14(20)13-4-3-9-19(13)24(2,21)22/h5-8,10,13,15H,3-4,9H2,1-2H3,(H,18,20)/t10-,13+/m1/s1. The van der Waals surface area contributed by atoms with E-state index in [1.807, 2.05) is 0 Å². The zero-order valence-electron chi connectivity index (χ0n) is 13.4. The molecule has 0 aliphatic carbocycles. The number of alkyl halides is 2. The maximum atomic E-state index is 12.4. The number of carbonyl (C=O) groups is 1. The summed E-state index contributed by atoms with van der Waals surface area (Å²) in [4.78, 5) is 12.4. The summed E-state index contributed by atoms with van der Waals surface area (Å²) in [6.07, 6.45) is 2.20. The number of benzene rings is 1. The molecule has 2 rings (SSSR count). The van der Waals surface area contributed by atoms with Crippen molar-refractivity contribution in [2.24, 2.45) is 0 Å². The van der Waals surface area contributed by atoms with E-state index in [4.69, 9.17) is 0 Å². The van der Waals surface area contributed by atoms with Crippen LogP contribution in [0.15, 0.2) is 24.3 Å². The lowest BCUT2D eigenvalue weighted by molar-refractivity contribution is -0.124. The lowest BCUT2D eigenvalue weighted by Crippen LogP contribution is -2.46. The van der Waals surface area contributed by atoms with E-state index in [0.29, 0.717) is 24.9 Å². The highest BCUT2D eigenvalue weighted by Gasteiger charge is 2.36. The first-order valence-corrected chi connectivity index (χ1v) is 9.35. The number of hydrogen-bond donors (Lipinski definition) is 1. The molecule has 1 amide bonds. The Morgan fingerprint density at radius 2 is 1.96 bits per heavy atom. The fraction of sp³-hybridized carbons (Fsp3) is 0.533. The zero-order valence-corrected chi connectivity index (χ0v) is 14.2. The van der Waals surface area contributed by atoms with E-state index < -0.39 is 22.7 Å². The Kier molecular flexibility index (Phi) is 5.76. The normalized spacial score (nSPS) is 20.1. The van der Waals surface area contributed by atoms with Crippen LogP contribution in [0.25, 0.3) is 0 Å². The second-order valence-corrected chi connectivity index (χ2v) is 7.64. The molecule has 6 nitrogen and oxygen atoms in total. The fourth-order valence-corrected chi connectivity index (χ4v) is 3.85. The molecule has 1 fully saturated rings. The lowest BCUT2D eigenvalue weighted by atomic mass is 10.1. The predicted octanol–water partition coefficient (Wildman–Crippen LogP) is 1.89. The summed E-state index contributed by atoms with van der Waals surface area (Å²) in [5, 5.41) is 2.77. The van der Waals surface area contributed by atoms with Crippen molar-refractivity contribution in [3.63, 3.8) is 0 Å². The molecule has 0 spiro atoms. The zero-order chi connectivity index (χ0) is 17.9. The number of carbonyl (C=O) groups excluding carboxylic acids is 1. The van der Waals surface area contributed by atoms with Crippen molar-refractivity contribution in [3.8, 4) is 5.75 Å². The van der Waals surface area contributed by atoms with Crippen LogP contribution >= 0.6 is 0 Å². The minimum Gasteiger partial charge on any atom is -0.435 e. The Morgan fingerprint density at radius 3 is 2.50 bits per heavy atom. The molecule has 1 heterocycles. The van der Waals surface area contributed by atoms with Gasteiger partial charge < -0.3 is 10.1 Å². The largest absolute Gasteiger partial charge is 0.435 e. The van der Waals surface area contributed by atoms with Crippen molar-refractivity contribution < 1.29 is 26.7 Å². The third-order valence-electron chi connectivity index (χ3n) is 3.90. The Balaban J connectivity index is 2.01. The first kappa shape index (κ1) is 18.6. The van der Waals surface area contributed by atoms with Gasteiger partial charge in [-0.3, -0.25) is 4.79 Å². The monoisotopic (exact) mass is 362 g/mol. The molecule has 0 saturated carbocycles. The molecule has 0 aromatic heterocycles. The second kappa shape index (κ2) is 7.43. The van der Waals surface area contributed by atoms with Gasteiger partial charge >= 0.3 is 6.61 Å². The SMILES string of the molecule is C[C@@H](NC(=O)[C@@H]1CCCN1S(C)(=O)=O)c1ccc(OC(F)F)cc1. The van der Waals surface area contributed by atoms with E-state index in [2.05, 4.69) is 10.1 Å². The molecule has 1 aromatic carbocycles. The number of nitrogens with one attached hydrogen (secondary N) is 1. The quantitative estimate of drug-likeness (QED) is 0.839. The van der Waals surface area contributed by atoms with E-state index in [0.717, 1.165) is 6.26 Å². The summed E-state index contributed by atoms with van der Waals surface area (Å²) in [5.74, 6) is -0.329. The number of hydrogen-bond acceptors (Lipinski definition) is 4. The molecule has 1 aliphatic rings. The molecule has 0 bridgehead atoms. The van der Waals surface area contributed by atoms with E-state index in [1.54, 1.807) is 19.1 Å². The van der Waals surface area contributed by atoms with Crippen LogP contribution in [0.5, 0.6) is 5.75 Å². The van der Waals surface area contributed by atoms with Crippen molar-refractivity contribution >= 4 is 15.9 Å². The van der Waals surface area contributed by atoms with Gasteiger partial charge in [0.25, 0.3) is 0 Å². The van der Waals surface area contributed by atoms with Crippen molar-refractivity contribution in [2.75, 3.05) is 12.8 Å². The fourth-order valence-electron chi connectivity index (χ4n) is 2.73. The highest BCUT2D eigenvalue weighted by atomic mass is 32.2. The molecule has 1 aromatic rings. The molecule has 1 saturated heterocycles. The minimum absolute atomic E-state index is 0.0336. The maximum Gasteiger partial charge on any atom is 0.387 e. The highest BCUT2D eigenvalue weighted by molar-refractivity contribution is 7.88. The molecule has 9 heteroatoms. The van der Waals surface area contributed by atoms with Crippen LogP contribution in [0, 0.1) is 0 Å². The summed E-state index contributed by atoms with van der Waals surface area (Å²) >= 11 is 0. The van der Waals surface area contributed by atoms with E-state index in [9.17, 15) is 22.0 Å². The molecule has 24 heavy (non-hydrogen) atoms. The van der Waals surface area contributed by atoms with Crippen LogP contribution in [0.3, 0.4) is 0 Å². The molecule has 1 aliphatic heterocycles. The first-order chi connectivity index (χ1) is 11.2. The topological polar surface area (TPSA) is 75.7 Å². The third kappa shape index (κ3) is 4.64. The van der Waals surface area contributed by atoms with Gasteiger partial charge in [-0.1, -0.05) is 12.1 Å². The number of sulfonamides is 1. The molecule has 0 radical (unpaired) electrons. The van der Waals surface area contributed by atoms with Gasteiger partial charge in [0.1, 0.15) is 11.8 Å². The minimum atomic E-state index is -3.43. The number of amides is 1. The predicted molar refractivity (Wildman–Crippen MR) is 84.2 cm³/mol. The van der Waals surface area contributed by atoms with Crippen LogP contribution in [0.1, 0.15) is 31.4 Å². The Labute approximate surface area is 139 Å². The Morgan fingerprint density at radius 1 is 1.33 bits per heavy atom. The van der Waals surface area contributed by atoms with Gasteiger partial charge in [-0.15, -0.1) is 0 Å². The number of nitrogens with zero attached hydrogens (tertiary/aromatic N) is 1. The van der Waals surface area contributed by atoms with Crippen molar-refractivity contribution in [3.05, 3.63) is 29.8 Å². The third-order valence-corrected chi connectivity index (χ3v) is 5.19. The molecular formula is C15H20F2N2O4S. The van der Waals surface area contributed by atoms with Crippen LogP contribution in [0.4, 0.5) is 8.78 Å². The van der Waals surface area contributed by atoms with E-state index in [-0.39, 0.29) is 17.7 Å². The molecule has 2 atom stereocenters. The van der Waals surface area contributed by atoms with Gasteiger partial charge in [0, 0.05) is 6.54 Å². The van der Waals surface area contributed by atoms with E-state index in [1.165, 1.54) is 16.4 Å². The van der Waals surface area contributed by atoms with Crippen LogP contribution in [0.2, 0.25) is 0 Å². The Hall–Kier alpha value is -1.74. The van der Waals surface area contributed by atoms with Gasteiger partial charge in [-0.05, 0) is 37.5 Å². The summed E-state index contributed by atoms with van der Waals surface area (Å²) in [6.45, 7) is -0.816. The van der Waals surface area contributed by atoms with Crippen molar-refractivity contribution in [1.82, 2.24) is 9.62 Å². The van der Waals surface area contributed by atoms with Gasteiger partial charge in [-0.25, -0.2) is 8.42 Å². The smallest absolute Gasteiger partial charge is 0.387 e. The van der Waals surface area contributed by atoms with Gasteiger partial charge in [0.05, 0.1) is 12.3 Å². The molecule has 1 N–H and O–H groups in total. The number of halogens is 2. The van der Waals surface area contributed by atoms with Gasteiger partial charge in [0.2, 0.25) is 15.9 Å². The summed E-state index contributed by atoms with van der Waals surface area (Å²) < 4.78 is 53.1. The molecule has 0 unspecified atom stereocenters. The number of ether oxygens (including phenoxy) is 1. The lowest BCUT2D eigenvalue weighted by Gasteiger charge is -2.23. The van der Waals surface area contributed by atoms with Gasteiger partial charge in [0.15, 0.2) is 0 Å². The average Bonchev–Trinajstić information content (AvgIpc) is 2.97. The van der Waals surface area contributed by atoms with Gasteiger partial charge in [-0.2, -0.15) is 13.1 Å².